The van der Waals surface area contributed by atoms with Crippen molar-refractivity contribution in [3.63, 3.8) is 0 Å². The third-order valence-electron chi connectivity index (χ3n) is 2.44. The van der Waals surface area contributed by atoms with Crippen molar-refractivity contribution in [1.29, 1.82) is 0 Å². The van der Waals surface area contributed by atoms with Crippen molar-refractivity contribution in [3.05, 3.63) is 24.3 Å². The number of hydrogen-bond donors (Lipinski definition) is 3. The first-order chi connectivity index (χ1) is 9.24. The number of nitrogens with one attached hydrogen (secondary N) is 3. The molecule has 7 nitrogen and oxygen atoms in total. The van der Waals surface area contributed by atoms with E-state index in [0.717, 1.165) is 5.56 Å². The van der Waals surface area contributed by atoms with Crippen LogP contribution in [0.1, 0.15) is 0 Å². The molecule has 0 fully saturated rings. The summed E-state index contributed by atoms with van der Waals surface area (Å²) in [4.78, 5) is 15.6. The van der Waals surface area contributed by atoms with Gasteiger partial charge in [-0.1, -0.05) is 12.1 Å². The summed E-state index contributed by atoms with van der Waals surface area (Å²) in [6.07, 6.45) is 0. The number of amides is 1. The van der Waals surface area contributed by atoms with Crippen LogP contribution in [0.25, 0.3) is 11.4 Å². The van der Waals surface area contributed by atoms with Crippen LogP contribution in [0.3, 0.4) is 0 Å². The smallest absolute Gasteiger partial charge is 0.249 e. The first-order valence-electron chi connectivity index (χ1n) is 5.75. The Labute approximate surface area is 122 Å². The van der Waals surface area contributed by atoms with Gasteiger partial charge >= 0.3 is 0 Å². The van der Waals surface area contributed by atoms with Gasteiger partial charge in [-0.05, 0) is 19.2 Å². The molecule has 1 heterocycles. The van der Waals surface area contributed by atoms with E-state index in [-0.39, 0.29) is 30.8 Å². The zero-order valence-corrected chi connectivity index (χ0v) is 12.0. The van der Waals surface area contributed by atoms with Crippen molar-refractivity contribution in [3.8, 4) is 17.1 Å². The third-order valence-corrected chi connectivity index (χ3v) is 2.44. The second-order valence-electron chi connectivity index (χ2n) is 3.79. The van der Waals surface area contributed by atoms with E-state index in [1.165, 1.54) is 0 Å². The normalized spacial score (nSPS) is 9.70. The number of anilines is 1. The Kier molecular flexibility index (Phi) is 5.95. The van der Waals surface area contributed by atoms with Crippen molar-refractivity contribution >= 4 is 24.3 Å². The molecule has 0 aliphatic carbocycles. The fraction of sp³-hybridized carbons (Fsp3) is 0.250. The topological polar surface area (TPSA) is 91.9 Å². The predicted molar refractivity (Wildman–Crippen MR) is 78.2 cm³/mol. The number of hydrogen-bond acceptors (Lipinski definition) is 5. The van der Waals surface area contributed by atoms with E-state index in [2.05, 4.69) is 25.8 Å². The lowest BCUT2D eigenvalue weighted by Gasteiger charge is -2.04. The minimum Gasteiger partial charge on any atom is -0.496 e. The van der Waals surface area contributed by atoms with Gasteiger partial charge in [0.15, 0.2) is 5.82 Å². The molecule has 2 rings (SSSR count). The quantitative estimate of drug-likeness (QED) is 0.767. The molecule has 0 spiro atoms. The van der Waals surface area contributed by atoms with Gasteiger partial charge in [0.2, 0.25) is 11.9 Å². The fourth-order valence-electron chi connectivity index (χ4n) is 1.61. The van der Waals surface area contributed by atoms with Crippen LogP contribution < -0.4 is 15.4 Å². The number of ether oxygens (including phenoxy) is 1. The molecular formula is C12H16ClN5O2. The van der Waals surface area contributed by atoms with Gasteiger partial charge in [-0.15, -0.1) is 17.5 Å². The number of benzene rings is 1. The molecule has 0 aliphatic heterocycles. The number of H-pyrrole nitrogens is 1. The Morgan fingerprint density at radius 1 is 1.40 bits per heavy atom. The van der Waals surface area contributed by atoms with Gasteiger partial charge in [0, 0.05) is 0 Å². The largest absolute Gasteiger partial charge is 0.496 e. The first-order valence-corrected chi connectivity index (χ1v) is 5.75. The zero-order valence-electron chi connectivity index (χ0n) is 11.1. The first kappa shape index (κ1) is 15.9. The summed E-state index contributed by atoms with van der Waals surface area (Å²) < 4.78 is 5.24. The third kappa shape index (κ3) is 3.69. The van der Waals surface area contributed by atoms with E-state index in [0.29, 0.717) is 11.6 Å². The summed E-state index contributed by atoms with van der Waals surface area (Å²) >= 11 is 0. The SMILES string of the molecule is CNCC(=O)Nc1n[nH]c(-c2ccccc2OC)n1.Cl. The molecule has 1 aromatic heterocycles. The van der Waals surface area contributed by atoms with E-state index >= 15 is 0 Å². The maximum atomic E-state index is 11.4. The van der Waals surface area contributed by atoms with Crippen molar-refractivity contribution < 1.29 is 9.53 Å². The van der Waals surface area contributed by atoms with Gasteiger partial charge in [-0.25, -0.2) is 0 Å². The van der Waals surface area contributed by atoms with Crippen LogP contribution in [-0.2, 0) is 4.79 Å². The number of aromatic nitrogens is 3. The van der Waals surface area contributed by atoms with Crippen LogP contribution in [0.2, 0.25) is 0 Å². The standard InChI is InChI=1S/C12H15N5O2.ClH/c1-13-7-10(18)14-12-15-11(16-17-12)8-5-3-4-6-9(8)19-2;/h3-6,13H,7H2,1-2H3,(H2,14,15,16,17,18);1H. The van der Waals surface area contributed by atoms with E-state index in [9.17, 15) is 4.79 Å². The average Bonchev–Trinajstić information content (AvgIpc) is 2.87. The lowest BCUT2D eigenvalue weighted by Crippen LogP contribution is -2.25. The molecule has 2 aromatic rings. The highest BCUT2D eigenvalue weighted by atomic mass is 35.5. The van der Waals surface area contributed by atoms with Crippen LogP contribution in [0.5, 0.6) is 5.75 Å². The van der Waals surface area contributed by atoms with Gasteiger partial charge in [0.1, 0.15) is 5.75 Å². The molecule has 0 radical (unpaired) electrons. The number of halogens is 1. The summed E-state index contributed by atoms with van der Waals surface area (Å²) in [5.74, 6) is 1.26. The van der Waals surface area contributed by atoms with Crippen molar-refractivity contribution in [2.75, 3.05) is 26.0 Å². The summed E-state index contributed by atoms with van der Waals surface area (Å²) in [5, 5.41) is 12.0. The maximum Gasteiger partial charge on any atom is 0.249 e. The number of carbonyl (C=O) groups is 1. The average molecular weight is 298 g/mol. The van der Waals surface area contributed by atoms with E-state index in [1.807, 2.05) is 24.3 Å². The number of rotatable bonds is 5. The van der Waals surface area contributed by atoms with Crippen LogP contribution in [-0.4, -0.2) is 41.8 Å². The Morgan fingerprint density at radius 3 is 2.85 bits per heavy atom. The van der Waals surface area contributed by atoms with Crippen molar-refractivity contribution in [1.82, 2.24) is 20.5 Å². The van der Waals surface area contributed by atoms with Gasteiger partial charge in [-0.3, -0.25) is 15.2 Å². The highest BCUT2D eigenvalue weighted by molar-refractivity contribution is 5.90. The summed E-state index contributed by atoms with van der Waals surface area (Å²) in [7, 11) is 3.28. The van der Waals surface area contributed by atoms with Crippen LogP contribution in [0.4, 0.5) is 5.95 Å². The fourth-order valence-corrected chi connectivity index (χ4v) is 1.61. The van der Waals surface area contributed by atoms with Crippen LogP contribution >= 0.6 is 12.4 Å². The molecule has 0 saturated carbocycles. The Morgan fingerprint density at radius 2 is 2.15 bits per heavy atom. The second-order valence-corrected chi connectivity index (χ2v) is 3.79. The molecule has 0 atom stereocenters. The zero-order chi connectivity index (χ0) is 13.7. The Bertz CT molecular complexity index is 572. The van der Waals surface area contributed by atoms with Crippen molar-refractivity contribution in [2.45, 2.75) is 0 Å². The molecule has 20 heavy (non-hydrogen) atoms. The molecule has 0 saturated heterocycles. The van der Waals surface area contributed by atoms with Gasteiger partial charge in [0.05, 0.1) is 19.2 Å². The molecule has 108 valence electrons. The predicted octanol–water partition coefficient (Wildman–Crippen LogP) is 1.06. The summed E-state index contributed by atoms with van der Waals surface area (Å²) in [5.41, 5.74) is 0.784. The number of nitrogens with zero attached hydrogens (tertiary/aromatic N) is 2. The van der Waals surface area contributed by atoms with Crippen LogP contribution in [0, 0.1) is 0 Å². The summed E-state index contributed by atoms with van der Waals surface area (Å²) in [6, 6.07) is 7.43. The number of para-hydroxylation sites is 1. The Hall–Kier alpha value is -2.12. The minimum absolute atomic E-state index is 0. The molecule has 0 aliphatic rings. The molecule has 0 bridgehead atoms. The Balaban J connectivity index is 0.00000200. The van der Waals surface area contributed by atoms with E-state index in [1.54, 1.807) is 14.2 Å². The number of likely N-dealkylation sites (N-methyl/N-ethyl adjacent to an activating group) is 1. The molecule has 0 unspecified atom stereocenters. The van der Waals surface area contributed by atoms with Gasteiger partial charge in [0.25, 0.3) is 0 Å². The number of methoxy groups -OCH3 is 1. The van der Waals surface area contributed by atoms with Crippen LogP contribution in [0.15, 0.2) is 24.3 Å². The lowest BCUT2D eigenvalue weighted by atomic mass is 10.2. The number of aromatic amines is 1. The molecular weight excluding hydrogens is 282 g/mol. The van der Waals surface area contributed by atoms with Gasteiger partial charge in [-0.2, -0.15) is 4.98 Å². The maximum absolute atomic E-state index is 11.4. The highest BCUT2D eigenvalue weighted by Gasteiger charge is 2.11. The monoisotopic (exact) mass is 297 g/mol. The molecule has 3 N–H and O–H groups in total. The molecule has 1 amide bonds. The number of carbonyl (C=O) groups excluding carboxylic acids is 1. The van der Waals surface area contributed by atoms with Gasteiger partial charge < -0.3 is 10.1 Å². The lowest BCUT2D eigenvalue weighted by molar-refractivity contribution is -0.115. The van der Waals surface area contributed by atoms with E-state index in [4.69, 9.17) is 4.74 Å². The van der Waals surface area contributed by atoms with E-state index < -0.39 is 0 Å². The summed E-state index contributed by atoms with van der Waals surface area (Å²) in [6.45, 7) is 0.207. The highest BCUT2D eigenvalue weighted by Crippen LogP contribution is 2.26. The second kappa shape index (κ2) is 7.46. The molecule has 1 aromatic carbocycles. The minimum atomic E-state index is -0.201. The van der Waals surface area contributed by atoms with Crippen molar-refractivity contribution in [2.24, 2.45) is 0 Å². The molecule has 8 heteroatoms.